The highest BCUT2D eigenvalue weighted by atomic mass is 79.9. The smallest absolute Gasteiger partial charge is 0.128 e. The normalized spacial score (nSPS) is 12.4. The van der Waals surface area contributed by atoms with Gasteiger partial charge in [0.05, 0.1) is 4.83 Å². The number of rotatable bonds is 3. The first-order valence-electron chi connectivity index (χ1n) is 5.35. The molecule has 18 heavy (non-hydrogen) atoms. The van der Waals surface area contributed by atoms with E-state index in [4.69, 9.17) is 0 Å². The van der Waals surface area contributed by atoms with Gasteiger partial charge in [0.15, 0.2) is 0 Å². The van der Waals surface area contributed by atoms with Gasteiger partial charge in [-0.05, 0) is 36.1 Å². The first kappa shape index (κ1) is 13.6. The van der Waals surface area contributed by atoms with Crippen LogP contribution in [0.15, 0.2) is 47.4 Å². The van der Waals surface area contributed by atoms with Crippen LogP contribution in [0.2, 0.25) is 0 Å². The zero-order valence-corrected chi connectivity index (χ0v) is 12.1. The molecule has 0 aliphatic carbocycles. The highest BCUT2D eigenvalue weighted by Crippen LogP contribution is 2.37. The average molecular weight is 329 g/mol. The summed E-state index contributed by atoms with van der Waals surface area (Å²) in [6, 6.07) is 11.2. The first-order valence-corrected chi connectivity index (χ1v) is 7.49. The van der Waals surface area contributed by atoms with E-state index in [0.29, 0.717) is 5.56 Å². The molecule has 4 heteroatoms. The molecule has 0 nitrogen and oxygen atoms in total. The van der Waals surface area contributed by atoms with E-state index in [0.717, 1.165) is 22.6 Å². The van der Waals surface area contributed by atoms with Crippen LogP contribution in [-0.2, 0) is 0 Å². The molecular formula is C14H11BrF2S. The van der Waals surface area contributed by atoms with Crippen LogP contribution in [0, 0.1) is 11.6 Å². The molecule has 0 saturated carbocycles. The number of benzene rings is 2. The SMILES string of the molecule is CSc1ccccc1C(Br)c1cc(F)ccc1F. The lowest BCUT2D eigenvalue weighted by molar-refractivity contribution is 0.588. The molecule has 0 saturated heterocycles. The molecule has 0 spiro atoms. The van der Waals surface area contributed by atoms with Gasteiger partial charge in [-0.15, -0.1) is 11.8 Å². The number of thioether (sulfide) groups is 1. The van der Waals surface area contributed by atoms with Crippen molar-refractivity contribution < 1.29 is 8.78 Å². The number of hydrogen-bond donors (Lipinski definition) is 0. The Morgan fingerprint density at radius 3 is 2.50 bits per heavy atom. The fourth-order valence-electron chi connectivity index (χ4n) is 1.75. The predicted molar refractivity (Wildman–Crippen MR) is 75.4 cm³/mol. The van der Waals surface area contributed by atoms with Crippen LogP contribution in [0.1, 0.15) is 16.0 Å². The lowest BCUT2D eigenvalue weighted by Crippen LogP contribution is -1.99. The molecule has 94 valence electrons. The summed E-state index contributed by atoms with van der Waals surface area (Å²) in [6.45, 7) is 0. The largest absolute Gasteiger partial charge is 0.207 e. The fraction of sp³-hybridized carbons (Fsp3) is 0.143. The third kappa shape index (κ3) is 2.75. The van der Waals surface area contributed by atoms with Gasteiger partial charge < -0.3 is 0 Å². The lowest BCUT2D eigenvalue weighted by atomic mass is 10.0. The van der Waals surface area contributed by atoms with E-state index in [1.807, 2.05) is 30.5 Å². The van der Waals surface area contributed by atoms with Crippen molar-refractivity contribution in [2.24, 2.45) is 0 Å². The summed E-state index contributed by atoms with van der Waals surface area (Å²) in [5.74, 6) is -0.841. The number of halogens is 3. The minimum Gasteiger partial charge on any atom is -0.207 e. The molecule has 0 bridgehead atoms. The minimum atomic E-state index is -0.433. The van der Waals surface area contributed by atoms with Gasteiger partial charge in [0.1, 0.15) is 11.6 Å². The van der Waals surface area contributed by atoms with Crippen molar-refractivity contribution in [3.05, 3.63) is 65.2 Å². The zero-order valence-electron chi connectivity index (χ0n) is 9.66. The summed E-state index contributed by atoms with van der Waals surface area (Å²) < 4.78 is 27.0. The van der Waals surface area contributed by atoms with Crippen molar-refractivity contribution in [1.82, 2.24) is 0 Å². The summed E-state index contributed by atoms with van der Waals surface area (Å²) in [4.78, 5) is 0.694. The van der Waals surface area contributed by atoms with E-state index in [1.54, 1.807) is 11.8 Å². The van der Waals surface area contributed by atoms with E-state index in [-0.39, 0.29) is 4.83 Å². The molecule has 1 unspecified atom stereocenters. The maximum Gasteiger partial charge on any atom is 0.128 e. The zero-order chi connectivity index (χ0) is 13.1. The van der Waals surface area contributed by atoms with Gasteiger partial charge in [-0.2, -0.15) is 0 Å². The predicted octanol–water partition coefficient (Wildman–Crippen LogP) is 5.17. The van der Waals surface area contributed by atoms with Crippen molar-refractivity contribution >= 4 is 27.7 Å². The highest BCUT2D eigenvalue weighted by molar-refractivity contribution is 9.09. The third-order valence-electron chi connectivity index (χ3n) is 2.64. The molecule has 2 aromatic rings. The van der Waals surface area contributed by atoms with E-state index in [9.17, 15) is 8.78 Å². The molecule has 1 atom stereocenters. The van der Waals surface area contributed by atoms with Crippen LogP contribution in [0.3, 0.4) is 0 Å². The van der Waals surface area contributed by atoms with Gasteiger partial charge >= 0.3 is 0 Å². The van der Waals surface area contributed by atoms with Gasteiger partial charge in [0.2, 0.25) is 0 Å². The second kappa shape index (κ2) is 5.85. The molecular weight excluding hydrogens is 318 g/mol. The molecule has 0 fully saturated rings. The Labute approximate surface area is 118 Å². The molecule has 0 radical (unpaired) electrons. The van der Waals surface area contributed by atoms with E-state index in [1.165, 1.54) is 6.07 Å². The first-order chi connectivity index (χ1) is 8.63. The Bertz CT molecular complexity index is 557. The second-order valence-electron chi connectivity index (χ2n) is 3.77. The van der Waals surface area contributed by atoms with Crippen LogP contribution in [-0.4, -0.2) is 6.26 Å². The monoisotopic (exact) mass is 328 g/mol. The van der Waals surface area contributed by atoms with Gasteiger partial charge in [-0.25, -0.2) is 8.78 Å². The van der Waals surface area contributed by atoms with Gasteiger partial charge in [-0.3, -0.25) is 0 Å². The topological polar surface area (TPSA) is 0 Å². The number of alkyl halides is 1. The Hall–Kier alpha value is -0.870. The maximum absolute atomic E-state index is 13.7. The van der Waals surface area contributed by atoms with E-state index >= 15 is 0 Å². The van der Waals surface area contributed by atoms with Crippen molar-refractivity contribution in [1.29, 1.82) is 0 Å². The molecule has 0 N–H and O–H groups in total. The Balaban J connectivity index is 2.47. The van der Waals surface area contributed by atoms with E-state index < -0.39 is 11.6 Å². The molecule has 2 rings (SSSR count). The van der Waals surface area contributed by atoms with Crippen LogP contribution < -0.4 is 0 Å². The van der Waals surface area contributed by atoms with Crippen molar-refractivity contribution in [3.8, 4) is 0 Å². The lowest BCUT2D eigenvalue weighted by Gasteiger charge is -2.15. The van der Waals surface area contributed by atoms with Crippen molar-refractivity contribution in [2.45, 2.75) is 9.72 Å². The quantitative estimate of drug-likeness (QED) is 0.553. The summed E-state index contributed by atoms with van der Waals surface area (Å²) in [5, 5.41) is 0. The third-order valence-corrected chi connectivity index (χ3v) is 4.44. The number of hydrogen-bond acceptors (Lipinski definition) is 1. The Kier molecular flexibility index (Phi) is 4.40. The summed E-state index contributed by atoms with van der Waals surface area (Å²) in [7, 11) is 0. The maximum atomic E-state index is 13.7. The van der Waals surface area contributed by atoms with Gasteiger partial charge in [0.25, 0.3) is 0 Å². The van der Waals surface area contributed by atoms with Crippen LogP contribution >= 0.6 is 27.7 Å². The molecule has 0 aliphatic heterocycles. The Morgan fingerprint density at radius 1 is 1.06 bits per heavy atom. The van der Waals surface area contributed by atoms with Crippen molar-refractivity contribution in [3.63, 3.8) is 0 Å². The summed E-state index contributed by atoms with van der Waals surface area (Å²) in [6.07, 6.45) is 1.96. The molecule has 2 aromatic carbocycles. The van der Waals surface area contributed by atoms with Crippen LogP contribution in [0.4, 0.5) is 8.78 Å². The van der Waals surface area contributed by atoms with Crippen LogP contribution in [0.25, 0.3) is 0 Å². The minimum absolute atomic E-state index is 0.316. The summed E-state index contributed by atoms with van der Waals surface area (Å²) >= 11 is 5.03. The van der Waals surface area contributed by atoms with Crippen molar-refractivity contribution in [2.75, 3.05) is 6.26 Å². The molecule has 0 aliphatic rings. The molecule has 0 heterocycles. The van der Waals surface area contributed by atoms with Gasteiger partial charge in [0, 0.05) is 10.5 Å². The molecule has 0 aromatic heterocycles. The highest BCUT2D eigenvalue weighted by Gasteiger charge is 2.18. The standard InChI is InChI=1S/C14H11BrF2S/c1-18-13-5-3-2-4-10(13)14(15)11-8-9(16)6-7-12(11)17/h2-8,14H,1H3. The fourth-order valence-corrected chi connectivity index (χ4v) is 3.29. The average Bonchev–Trinajstić information content (AvgIpc) is 2.40. The molecule has 0 amide bonds. The van der Waals surface area contributed by atoms with Crippen LogP contribution in [0.5, 0.6) is 0 Å². The Morgan fingerprint density at radius 2 is 1.78 bits per heavy atom. The van der Waals surface area contributed by atoms with E-state index in [2.05, 4.69) is 15.9 Å². The van der Waals surface area contributed by atoms with Gasteiger partial charge in [-0.1, -0.05) is 34.1 Å². The summed E-state index contributed by atoms with van der Waals surface area (Å²) in [5.41, 5.74) is 1.26. The second-order valence-corrected chi connectivity index (χ2v) is 5.53.